The van der Waals surface area contributed by atoms with Crippen LogP contribution >= 0.6 is 23.2 Å². The minimum absolute atomic E-state index is 0.0314. The second kappa shape index (κ2) is 6.98. The number of imidazole rings is 1. The van der Waals surface area contributed by atoms with E-state index >= 15 is 0 Å². The fourth-order valence-electron chi connectivity index (χ4n) is 3.65. The molecular formula is C19H16Cl2N4O4S. The number of nitrogens with two attached hydrogens (primary N) is 1. The van der Waals surface area contributed by atoms with Gasteiger partial charge in [-0.15, -0.1) is 0 Å². The summed E-state index contributed by atoms with van der Waals surface area (Å²) in [5.41, 5.74) is 5.96. The third kappa shape index (κ3) is 3.33. The summed E-state index contributed by atoms with van der Waals surface area (Å²) in [6, 6.07) is 11.4. The first-order valence-electron chi connectivity index (χ1n) is 8.71. The molecule has 1 aromatic heterocycles. The molecule has 2 heterocycles. The largest absolute Gasteiger partial charge is 0.399 e. The maximum atomic E-state index is 13.6. The monoisotopic (exact) mass is 466 g/mol. The number of aromatic nitrogens is 2. The molecule has 1 aliphatic heterocycles. The highest BCUT2D eigenvalue weighted by Crippen LogP contribution is 2.44. The smallest absolute Gasteiger partial charge is 0.312 e. The summed E-state index contributed by atoms with van der Waals surface area (Å²) in [6.45, 7) is 1.58. The first-order valence-corrected chi connectivity index (χ1v) is 10.9. The molecule has 30 heavy (non-hydrogen) atoms. The summed E-state index contributed by atoms with van der Waals surface area (Å²) in [7, 11) is -4.65. The van der Waals surface area contributed by atoms with Crippen LogP contribution < -0.4 is 10.6 Å². The molecule has 8 nitrogen and oxygen atoms in total. The molecule has 156 valence electrons. The van der Waals surface area contributed by atoms with Gasteiger partial charge >= 0.3 is 10.1 Å². The zero-order chi connectivity index (χ0) is 21.8. The van der Waals surface area contributed by atoms with E-state index in [0.29, 0.717) is 21.4 Å². The predicted octanol–water partition coefficient (Wildman–Crippen LogP) is 3.66. The second-order valence-corrected chi connectivity index (χ2v) is 9.41. The quantitative estimate of drug-likeness (QED) is 0.447. The van der Waals surface area contributed by atoms with Gasteiger partial charge in [-0.1, -0.05) is 35.3 Å². The van der Waals surface area contributed by atoms with Gasteiger partial charge in [0.05, 0.1) is 11.9 Å². The highest BCUT2D eigenvalue weighted by molar-refractivity contribution is 7.85. The van der Waals surface area contributed by atoms with E-state index < -0.39 is 26.6 Å². The van der Waals surface area contributed by atoms with E-state index in [2.05, 4.69) is 4.98 Å². The van der Waals surface area contributed by atoms with Gasteiger partial charge in [0.15, 0.2) is 5.03 Å². The van der Waals surface area contributed by atoms with E-state index in [9.17, 15) is 17.8 Å². The number of benzene rings is 2. The Balaban J connectivity index is 1.93. The number of hydrogen-bond acceptors (Lipinski definition) is 5. The molecule has 2 aromatic carbocycles. The summed E-state index contributed by atoms with van der Waals surface area (Å²) in [4.78, 5) is 18.9. The van der Waals surface area contributed by atoms with Gasteiger partial charge in [0, 0.05) is 22.2 Å². The molecule has 0 saturated heterocycles. The molecule has 0 bridgehead atoms. The summed E-state index contributed by atoms with van der Waals surface area (Å²) in [6.07, 6.45) is 1.14. The number of nitrogen functional groups attached to an aromatic ring is 1. The van der Waals surface area contributed by atoms with E-state index in [4.69, 9.17) is 28.9 Å². The maximum Gasteiger partial charge on any atom is 0.312 e. The van der Waals surface area contributed by atoms with Gasteiger partial charge in [0.2, 0.25) is 5.95 Å². The minimum atomic E-state index is -4.65. The fraction of sp³-hybridized carbons (Fsp3) is 0.158. The number of rotatable bonds is 4. The summed E-state index contributed by atoms with van der Waals surface area (Å²) in [5.74, 6) is -0.422. The molecule has 0 radical (unpaired) electrons. The third-order valence-electron chi connectivity index (χ3n) is 4.97. The molecule has 0 aliphatic carbocycles. The van der Waals surface area contributed by atoms with Crippen molar-refractivity contribution >= 4 is 56.6 Å². The van der Waals surface area contributed by atoms with Crippen molar-refractivity contribution in [1.82, 2.24) is 9.55 Å². The first kappa shape index (κ1) is 20.7. The minimum Gasteiger partial charge on any atom is -0.399 e. The van der Waals surface area contributed by atoms with Crippen molar-refractivity contribution < 1.29 is 17.8 Å². The van der Waals surface area contributed by atoms with E-state index in [-0.39, 0.29) is 12.4 Å². The van der Waals surface area contributed by atoms with Crippen molar-refractivity contribution in [2.24, 2.45) is 0 Å². The number of hydrogen-bond donors (Lipinski definition) is 2. The maximum absolute atomic E-state index is 13.6. The summed E-state index contributed by atoms with van der Waals surface area (Å²) < 4.78 is 35.0. The van der Waals surface area contributed by atoms with Crippen LogP contribution in [0.2, 0.25) is 10.0 Å². The molecule has 11 heteroatoms. The molecule has 0 fully saturated rings. The molecule has 3 N–H and O–H groups in total. The Kier molecular flexibility index (Phi) is 4.81. The molecule has 0 spiro atoms. The van der Waals surface area contributed by atoms with Crippen LogP contribution in [0.3, 0.4) is 0 Å². The van der Waals surface area contributed by atoms with E-state index in [0.717, 1.165) is 11.8 Å². The Morgan fingerprint density at radius 3 is 2.30 bits per heavy atom. The number of halogens is 2. The van der Waals surface area contributed by atoms with Gasteiger partial charge in [-0.05, 0) is 42.8 Å². The normalized spacial score (nSPS) is 18.7. The zero-order valence-electron chi connectivity index (χ0n) is 15.6. The van der Waals surface area contributed by atoms with Crippen LogP contribution in [0.5, 0.6) is 0 Å². The molecule has 1 atom stereocenters. The number of carbonyl (C=O) groups is 1. The third-order valence-corrected chi connectivity index (χ3v) is 6.22. The topological polar surface area (TPSA) is 119 Å². The van der Waals surface area contributed by atoms with Crippen LogP contribution in [0, 0.1) is 0 Å². The van der Waals surface area contributed by atoms with Crippen LogP contribution in [0.1, 0.15) is 12.5 Å². The van der Waals surface area contributed by atoms with Gasteiger partial charge in [-0.25, -0.2) is 9.88 Å². The number of amides is 1. The van der Waals surface area contributed by atoms with Gasteiger partial charge in [0.1, 0.15) is 5.54 Å². The second-order valence-electron chi connectivity index (χ2n) is 7.17. The average molecular weight is 467 g/mol. The highest BCUT2D eigenvalue weighted by atomic mass is 35.5. The average Bonchev–Trinajstić information content (AvgIpc) is 3.16. The number of fused-ring (bicyclic) bond motifs is 1. The molecular weight excluding hydrogens is 451 g/mol. The van der Waals surface area contributed by atoms with E-state index in [1.165, 1.54) is 27.7 Å². The summed E-state index contributed by atoms with van der Waals surface area (Å²) >= 11 is 12.2. The van der Waals surface area contributed by atoms with Gasteiger partial charge in [-0.2, -0.15) is 8.42 Å². The van der Waals surface area contributed by atoms with Gasteiger partial charge in [-0.3, -0.25) is 13.9 Å². The van der Waals surface area contributed by atoms with E-state index in [1.54, 1.807) is 31.2 Å². The van der Waals surface area contributed by atoms with Crippen molar-refractivity contribution in [2.45, 2.75) is 23.9 Å². The van der Waals surface area contributed by atoms with Crippen molar-refractivity contribution in [3.8, 4) is 0 Å². The van der Waals surface area contributed by atoms with Crippen LogP contribution in [0.25, 0.3) is 0 Å². The lowest BCUT2D eigenvalue weighted by atomic mass is 9.92. The van der Waals surface area contributed by atoms with Crippen molar-refractivity contribution in [3.05, 3.63) is 64.3 Å². The number of anilines is 3. The Morgan fingerprint density at radius 2 is 1.73 bits per heavy atom. The van der Waals surface area contributed by atoms with Gasteiger partial charge in [0.25, 0.3) is 5.91 Å². The van der Waals surface area contributed by atoms with Crippen molar-refractivity contribution in [1.29, 1.82) is 0 Å². The Bertz CT molecular complexity index is 1250. The highest BCUT2D eigenvalue weighted by Gasteiger charge is 2.51. The number of nitrogens with zero attached hydrogens (tertiary/aromatic N) is 3. The lowest BCUT2D eigenvalue weighted by molar-refractivity contribution is -0.124. The summed E-state index contributed by atoms with van der Waals surface area (Å²) in [5, 5.41) is 0.107. The molecule has 0 unspecified atom stereocenters. The van der Waals surface area contributed by atoms with Gasteiger partial charge < -0.3 is 5.73 Å². The molecule has 1 aliphatic rings. The Morgan fingerprint density at radius 1 is 1.13 bits per heavy atom. The van der Waals surface area contributed by atoms with Crippen molar-refractivity contribution in [3.63, 3.8) is 0 Å². The van der Waals surface area contributed by atoms with Crippen LogP contribution in [-0.4, -0.2) is 28.4 Å². The Labute approximate surface area is 182 Å². The van der Waals surface area contributed by atoms with Crippen LogP contribution in [-0.2, 0) is 26.9 Å². The fourth-order valence-corrected chi connectivity index (χ4v) is 4.86. The molecule has 4 rings (SSSR count). The standard InChI is InChI=1S/C19H16Cl2N4O4S/c1-19(9-11-2-4-14(22)5-3-11)17(26)24(15-7-12(20)6-13(21)8-15)18-23-10-16(25(18)19)30(27,28)29/h2-8,10H,9,22H2,1H3,(H,27,28,29)/t19-/m1/s1. The molecule has 0 saturated carbocycles. The first-order chi connectivity index (χ1) is 14.0. The lowest BCUT2D eigenvalue weighted by Gasteiger charge is -2.26. The van der Waals surface area contributed by atoms with Crippen LogP contribution in [0.4, 0.5) is 17.3 Å². The predicted molar refractivity (Wildman–Crippen MR) is 114 cm³/mol. The van der Waals surface area contributed by atoms with Crippen molar-refractivity contribution in [2.75, 3.05) is 10.6 Å². The Hall–Kier alpha value is -2.59. The van der Waals surface area contributed by atoms with Crippen LogP contribution in [0.15, 0.2) is 53.7 Å². The molecule has 1 amide bonds. The number of carbonyl (C=O) groups excluding carboxylic acids is 1. The lowest BCUT2D eigenvalue weighted by Crippen LogP contribution is -2.41. The SMILES string of the molecule is C[C@@]1(Cc2ccc(N)cc2)C(=O)N(c2cc(Cl)cc(Cl)c2)c2ncc(S(=O)(=O)O)n21. The van der Waals surface area contributed by atoms with E-state index in [1.807, 2.05) is 0 Å². The zero-order valence-corrected chi connectivity index (χ0v) is 17.9. The molecule has 3 aromatic rings.